The highest BCUT2D eigenvalue weighted by Crippen LogP contribution is 2.17. The summed E-state index contributed by atoms with van der Waals surface area (Å²) in [6.07, 6.45) is 2.50. The van der Waals surface area contributed by atoms with Crippen LogP contribution in [0.15, 0.2) is 12.7 Å². The Bertz CT molecular complexity index is 251. The lowest BCUT2D eigenvalue weighted by Gasteiger charge is -2.23. The molecule has 1 aliphatic heterocycles. The van der Waals surface area contributed by atoms with E-state index in [0.717, 1.165) is 6.29 Å². The lowest BCUT2D eigenvalue weighted by molar-refractivity contribution is -0.111. The number of carbonyl (C=O) groups is 2. The van der Waals surface area contributed by atoms with E-state index in [4.69, 9.17) is 0 Å². The number of amides is 2. The third kappa shape index (κ3) is 1.78. The molecule has 0 radical (unpaired) electrons. The van der Waals surface area contributed by atoms with Crippen molar-refractivity contribution in [2.45, 2.75) is 25.9 Å². The molecule has 0 saturated carbocycles. The van der Waals surface area contributed by atoms with Gasteiger partial charge in [-0.3, -0.25) is 0 Å². The summed E-state index contributed by atoms with van der Waals surface area (Å²) < 4.78 is 0. The number of urea groups is 1. The van der Waals surface area contributed by atoms with Gasteiger partial charge in [-0.1, -0.05) is 6.08 Å². The summed E-state index contributed by atoms with van der Waals surface area (Å²) in [5, 5.41) is 0. The average molecular weight is 196 g/mol. The van der Waals surface area contributed by atoms with Crippen molar-refractivity contribution in [1.29, 1.82) is 0 Å². The average Bonchev–Trinajstić information content (AvgIpc) is 2.44. The van der Waals surface area contributed by atoms with Gasteiger partial charge in [-0.25, -0.2) is 4.79 Å². The molecule has 1 heterocycles. The van der Waals surface area contributed by atoms with Crippen LogP contribution in [0.5, 0.6) is 0 Å². The first-order chi connectivity index (χ1) is 6.61. The molecule has 4 nitrogen and oxygen atoms in total. The molecule has 1 aliphatic rings. The monoisotopic (exact) mass is 196 g/mol. The van der Waals surface area contributed by atoms with Gasteiger partial charge >= 0.3 is 6.03 Å². The second kappa shape index (κ2) is 4.26. The molecular formula is C10H16N2O2. The molecule has 78 valence electrons. The van der Waals surface area contributed by atoms with Crippen LogP contribution in [0.2, 0.25) is 0 Å². The van der Waals surface area contributed by atoms with Crippen molar-refractivity contribution in [3.8, 4) is 0 Å². The third-order valence-electron chi connectivity index (χ3n) is 2.32. The summed E-state index contributed by atoms with van der Waals surface area (Å²) >= 11 is 0. The van der Waals surface area contributed by atoms with E-state index >= 15 is 0 Å². The minimum Gasteiger partial charge on any atom is -0.318 e. The van der Waals surface area contributed by atoms with E-state index in [1.165, 1.54) is 0 Å². The maximum atomic E-state index is 11.8. The number of rotatable bonds is 4. The Labute approximate surface area is 84.2 Å². The molecule has 1 saturated heterocycles. The molecule has 0 aromatic heterocycles. The largest absolute Gasteiger partial charge is 0.321 e. The van der Waals surface area contributed by atoms with Gasteiger partial charge in [0.25, 0.3) is 0 Å². The van der Waals surface area contributed by atoms with E-state index in [2.05, 4.69) is 6.58 Å². The van der Waals surface area contributed by atoms with Gasteiger partial charge in [0.2, 0.25) is 0 Å². The zero-order valence-corrected chi connectivity index (χ0v) is 8.64. The Balaban J connectivity index is 2.79. The van der Waals surface area contributed by atoms with Crippen LogP contribution in [0.4, 0.5) is 4.79 Å². The Morgan fingerprint density at radius 2 is 2.29 bits per heavy atom. The smallest absolute Gasteiger partial charge is 0.318 e. The van der Waals surface area contributed by atoms with Crippen LogP contribution in [0.3, 0.4) is 0 Å². The molecule has 0 unspecified atom stereocenters. The van der Waals surface area contributed by atoms with Gasteiger partial charge in [-0.15, -0.1) is 6.58 Å². The van der Waals surface area contributed by atoms with Crippen molar-refractivity contribution < 1.29 is 9.59 Å². The molecule has 0 N–H and O–H groups in total. The first-order valence-electron chi connectivity index (χ1n) is 4.75. The van der Waals surface area contributed by atoms with Gasteiger partial charge in [0.05, 0.1) is 6.54 Å². The Hall–Kier alpha value is -1.32. The fraction of sp³-hybridized carbons (Fsp3) is 0.600. The predicted octanol–water partition coefficient (Wildman–Crippen LogP) is 0.886. The normalized spacial score (nSPS) is 21.9. The van der Waals surface area contributed by atoms with Crippen molar-refractivity contribution in [3.05, 3.63) is 12.7 Å². The van der Waals surface area contributed by atoms with Crippen LogP contribution < -0.4 is 0 Å². The van der Waals surface area contributed by atoms with Gasteiger partial charge in [0.1, 0.15) is 12.3 Å². The molecule has 4 heteroatoms. The highest BCUT2D eigenvalue weighted by atomic mass is 16.2. The lowest BCUT2D eigenvalue weighted by Crippen LogP contribution is -2.40. The molecule has 2 amide bonds. The standard InChI is InChI=1S/C10H16N2O2/c1-4-5-11-6-9(7-13)12(8(2)3)10(11)14/h4,7-9H,1,5-6H2,2-3H3/t9-/m0/s1. The molecule has 0 aromatic carbocycles. The topological polar surface area (TPSA) is 40.6 Å². The number of carbonyl (C=O) groups excluding carboxylic acids is 2. The number of hydrogen-bond donors (Lipinski definition) is 0. The van der Waals surface area contributed by atoms with E-state index in [1.807, 2.05) is 13.8 Å². The van der Waals surface area contributed by atoms with E-state index in [1.54, 1.807) is 15.9 Å². The first-order valence-corrected chi connectivity index (χ1v) is 4.75. The Kier molecular flexibility index (Phi) is 3.28. The number of aldehydes is 1. The van der Waals surface area contributed by atoms with E-state index in [-0.39, 0.29) is 18.1 Å². The summed E-state index contributed by atoms with van der Waals surface area (Å²) in [6, 6.07) is -0.313. The second-order valence-corrected chi connectivity index (χ2v) is 3.68. The van der Waals surface area contributed by atoms with Crippen LogP contribution in [0.1, 0.15) is 13.8 Å². The molecule has 1 atom stereocenters. The maximum Gasteiger partial charge on any atom is 0.321 e. The molecule has 0 aromatic rings. The van der Waals surface area contributed by atoms with Crippen LogP contribution in [0.25, 0.3) is 0 Å². The van der Waals surface area contributed by atoms with Crippen molar-refractivity contribution in [1.82, 2.24) is 9.80 Å². The number of hydrogen-bond acceptors (Lipinski definition) is 2. The molecule has 1 fully saturated rings. The minimum atomic E-state index is -0.303. The van der Waals surface area contributed by atoms with Crippen molar-refractivity contribution in [2.75, 3.05) is 13.1 Å². The molecule has 1 rings (SSSR count). The van der Waals surface area contributed by atoms with E-state index in [0.29, 0.717) is 13.1 Å². The maximum absolute atomic E-state index is 11.8. The van der Waals surface area contributed by atoms with Gasteiger partial charge in [-0.2, -0.15) is 0 Å². The zero-order valence-electron chi connectivity index (χ0n) is 8.64. The Morgan fingerprint density at radius 3 is 2.64 bits per heavy atom. The zero-order chi connectivity index (χ0) is 10.7. The van der Waals surface area contributed by atoms with Crippen LogP contribution in [-0.4, -0.2) is 47.3 Å². The van der Waals surface area contributed by atoms with Crippen LogP contribution in [0, 0.1) is 0 Å². The summed E-state index contributed by atoms with van der Waals surface area (Å²) in [6.45, 7) is 8.38. The van der Waals surface area contributed by atoms with Gasteiger partial charge in [-0.05, 0) is 13.8 Å². The van der Waals surface area contributed by atoms with Gasteiger partial charge < -0.3 is 14.6 Å². The summed E-state index contributed by atoms with van der Waals surface area (Å²) in [5.41, 5.74) is 0. The van der Waals surface area contributed by atoms with Gasteiger partial charge in [0.15, 0.2) is 0 Å². The predicted molar refractivity (Wildman–Crippen MR) is 54.0 cm³/mol. The van der Waals surface area contributed by atoms with Crippen molar-refractivity contribution in [2.24, 2.45) is 0 Å². The highest BCUT2D eigenvalue weighted by Gasteiger charge is 2.37. The molecular weight excluding hydrogens is 180 g/mol. The Morgan fingerprint density at radius 1 is 1.64 bits per heavy atom. The molecule has 0 spiro atoms. The summed E-state index contributed by atoms with van der Waals surface area (Å²) in [7, 11) is 0. The first kappa shape index (κ1) is 10.8. The minimum absolute atomic E-state index is 0.0625. The number of nitrogens with zero attached hydrogens (tertiary/aromatic N) is 2. The fourth-order valence-electron chi connectivity index (χ4n) is 1.72. The third-order valence-corrected chi connectivity index (χ3v) is 2.32. The van der Waals surface area contributed by atoms with Crippen molar-refractivity contribution >= 4 is 12.3 Å². The quantitative estimate of drug-likeness (QED) is 0.495. The molecule has 14 heavy (non-hydrogen) atoms. The highest BCUT2D eigenvalue weighted by molar-refractivity contribution is 5.82. The molecule has 0 bridgehead atoms. The van der Waals surface area contributed by atoms with E-state index < -0.39 is 0 Å². The fourth-order valence-corrected chi connectivity index (χ4v) is 1.72. The lowest BCUT2D eigenvalue weighted by atomic mass is 10.2. The van der Waals surface area contributed by atoms with Crippen LogP contribution in [-0.2, 0) is 4.79 Å². The second-order valence-electron chi connectivity index (χ2n) is 3.68. The molecule has 0 aliphatic carbocycles. The summed E-state index contributed by atoms with van der Waals surface area (Å²) in [5.74, 6) is 0. The SMILES string of the molecule is C=CCN1C[C@@H](C=O)N(C(C)C)C1=O. The van der Waals surface area contributed by atoms with Crippen LogP contribution >= 0.6 is 0 Å². The van der Waals surface area contributed by atoms with Gasteiger partial charge in [0, 0.05) is 12.6 Å². The van der Waals surface area contributed by atoms with E-state index in [9.17, 15) is 9.59 Å². The van der Waals surface area contributed by atoms with Crippen molar-refractivity contribution in [3.63, 3.8) is 0 Å². The summed E-state index contributed by atoms with van der Waals surface area (Å²) in [4.78, 5) is 25.8.